The number of hydrogen-bond acceptors (Lipinski definition) is 4. The molecule has 1 aromatic rings. The first-order valence-corrected chi connectivity index (χ1v) is 8.28. The quantitative estimate of drug-likeness (QED) is 0.899. The molecule has 0 aromatic carbocycles. The van der Waals surface area contributed by atoms with Crippen molar-refractivity contribution in [2.75, 3.05) is 31.6 Å². The van der Waals surface area contributed by atoms with E-state index in [1.165, 1.54) is 12.3 Å². The SMILES string of the molecule is CN(C[C@@]1(O)CCCN(c2ccc(F)cn2)C1)C(=O)CC1CC1. The lowest BCUT2D eigenvalue weighted by Crippen LogP contribution is -2.54. The molecule has 1 N–H and O–H groups in total. The van der Waals surface area contributed by atoms with Gasteiger partial charge in [-0.05, 0) is 43.7 Å². The van der Waals surface area contributed by atoms with Gasteiger partial charge >= 0.3 is 0 Å². The van der Waals surface area contributed by atoms with Crippen LogP contribution in [0, 0.1) is 11.7 Å². The molecular formula is C17H24FN3O2. The molecule has 1 aromatic heterocycles. The average molecular weight is 321 g/mol. The zero-order chi connectivity index (χ0) is 16.4. The lowest BCUT2D eigenvalue weighted by Gasteiger charge is -2.41. The lowest BCUT2D eigenvalue weighted by atomic mass is 9.92. The molecule has 1 saturated heterocycles. The Balaban J connectivity index is 1.61. The molecule has 1 aliphatic heterocycles. The Kier molecular flexibility index (Phi) is 4.53. The largest absolute Gasteiger partial charge is 0.386 e. The van der Waals surface area contributed by atoms with Crippen molar-refractivity contribution in [2.24, 2.45) is 5.92 Å². The summed E-state index contributed by atoms with van der Waals surface area (Å²) < 4.78 is 13.0. The third-order valence-electron chi connectivity index (χ3n) is 4.71. The summed E-state index contributed by atoms with van der Waals surface area (Å²) in [6.45, 7) is 1.52. The van der Waals surface area contributed by atoms with Gasteiger partial charge in [-0.15, -0.1) is 0 Å². The summed E-state index contributed by atoms with van der Waals surface area (Å²) in [5.41, 5.74) is -0.942. The van der Waals surface area contributed by atoms with E-state index in [1.807, 2.05) is 4.90 Å². The van der Waals surface area contributed by atoms with Crippen molar-refractivity contribution < 1.29 is 14.3 Å². The number of rotatable bonds is 5. The highest BCUT2D eigenvalue weighted by molar-refractivity contribution is 5.76. The molecule has 5 nitrogen and oxygen atoms in total. The molecule has 2 aliphatic rings. The fourth-order valence-corrected chi connectivity index (χ4v) is 3.25. The number of β-amino-alcohol motifs (C(OH)–C–C–N with tert-alkyl or cyclic N) is 1. The van der Waals surface area contributed by atoms with Crippen LogP contribution >= 0.6 is 0 Å². The third kappa shape index (κ3) is 4.19. The second kappa shape index (κ2) is 6.43. The van der Waals surface area contributed by atoms with Crippen molar-refractivity contribution >= 4 is 11.7 Å². The number of halogens is 1. The lowest BCUT2D eigenvalue weighted by molar-refractivity contribution is -0.133. The number of aliphatic hydroxyl groups is 1. The van der Waals surface area contributed by atoms with E-state index in [0.717, 1.165) is 25.8 Å². The monoisotopic (exact) mass is 321 g/mol. The minimum atomic E-state index is -0.942. The molecular weight excluding hydrogens is 297 g/mol. The molecule has 2 fully saturated rings. The topological polar surface area (TPSA) is 56.7 Å². The van der Waals surface area contributed by atoms with Crippen molar-refractivity contribution in [1.82, 2.24) is 9.88 Å². The summed E-state index contributed by atoms with van der Waals surface area (Å²) in [7, 11) is 1.76. The zero-order valence-electron chi connectivity index (χ0n) is 13.5. The molecule has 0 spiro atoms. The number of anilines is 1. The average Bonchev–Trinajstić information content (AvgIpc) is 3.31. The first kappa shape index (κ1) is 16.2. The molecule has 126 valence electrons. The van der Waals surface area contributed by atoms with E-state index in [1.54, 1.807) is 18.0 Å². The van der Waals surface area contributed by atoms with E-state index in [4.69, 9.17) is 0 Å². The molecule has 1 amide bonds. The summed E-state index contributed by atoms with van der Waals surface area (Å²) >= 11 is 0. The van der Waals surface area contributed by atoms with Crippen molar-refractivity contribution in [3.8, 4) is 0 Å². The maximum atomic E-state index is 13.0. The van der Waals surface area contributed by atoms with E-state index in [-0.39, 0.29) is 11.7 Å². The molecule has 23 heavy (non-hydrogen) atoms. The van der Waals surface area contributed by atoms with Gasteiger partial charge in [0.15, 0.2) is 0 Å². The molecule has 0 radical (unpaired) electrons. The number of piperidine rings is 1. The summed E-state index contributed by atoms with van der Waals surface area (Å²) in [5, 5.41) is 10.9. The minimum absolute atomic E-state index is 0.109. The number of carbonyl (C=O) groups excluding carboxylic acids is 1. The number of likely N-dealkylation sites (N-methyl/N-ethyl adjacent to an activating group) is 1. The summed E-state index contributed by atoms with van der Waals surface area (Å²) in [6, 6.07) is 3.00. The Bertz CT molecular complexity index is 561. The van der Waals surface area contributed by atoms with Crippen LogP contribution in [0.2, 0.25) is 0 Å². The van der Waals surface area contributed by atoms with Crippen molar-refractivity contribution in [1.29, 1.82) is 0 Å². The van der Waals surface area contributed by atoms with E-state index in [2.05, 4.69) is 4.98 Å². The predicted octanol–water partition coefficient (Wildman–Crippen LogP) is 1.81. The summed E-state index contributed by atoms with van der Waals surface area (Å²) in [6.07, 6.45) is 5.55. The van der Waals surface area contributed by atoms with Gasteiger partial charge < -0.3 is 14.9 Å². The fraction of sp³-hybridized carbons (Fsp3) is 0.647. The predicted molar refractivity (Wildman–Crippen MR) is 85.6 cm³/mol. The van der Waals surface area contributed by atoms with Gasteiger partial charge in [0.1, 0.15) is 11.6 Å². The number of hydrogen-bond donors (Lipinski definition) is 1. The molecule has 0 bridgehead atoms. The van der Waals surface area contributed by atoms with Crippen LogP contribution in [0.1, 0.15) is 32.1 Å². The maximum absolute atomic E-state index is 13.0. The second-order valence-corrected chi connectivity index (χ2v) is 6.98. The van der Waals surface area contributed by atoms with Crippen LogP contribution in [0.5, 0.6) is 0 Å². The number of carbonyl (C=O) groups is 1. The van der Waals surface area contributed by atoms with Gasteiger partial charge in [0, 0.05) is 26.6 Å². The van der Waals surface area contributed by atoms with Gasteiger partial charge in [0.2, 0.25) is 5.91 Å². The zero-order valence-corrected chi connectivity index (χ0v) is 13.5. The summed E-state index contributed by atoms with van der Waals surface area (Å²) in [5.74, 6) is 0.951. The number of aromatic nitrogens is 1. The van der Waals surface area contributed by atoms with Gasteiger partial charge in [0.25, 0.3) is 0 Å². The van der Waals surface area contributed by atoms with Gasteiger partial charge in [-0.1, -0.05) is 0 Å². The van der Waals surface area contributed by atoms with E-state index in [9.17, 15) is 14.3 Å². The first-order chi connectivity index (χ1) is 11.0. The Morgan fingerprint density at radius 3 is 2.96 bits per heavy atom. The van der Waals surface area contributed by atoms with E-state index >= 15 is 0 Å². The fourth-order valence-electron chi connectivity index (χ4n) is 3.25. The highest BCUT2D eigenvalue weighted by Gasteiger charge is 2.36. The molecule has 1 aliphatic carbocycles. The van der Waals surface area contributed by atoms with Gasteiger partial charge in [-0.2, -0.15) is 0 Å². The van der Waals surface area contributed by atoms with E-state index in [0.29, 0.717) is 37.7 Å². The van der Waals surface area contributed by atoms with E-state index < -0.39 is 5.60 Å². The van der Waals surface area contributed by atoms with Crippen LogP contribution in [0.4, 0.5) is 10.2 Å². The van der Waals surface area contributed by atoms with Crippen LogP contribution in [0.25, 0.3) is 0 Å². The van der Waals surface area contributed by atoms with Crippen LogP contribution < -0.4 is 4.90 Å². The van der Waals surface area contributed by atoms with Crippen LogP contribution in [-0.4, -0.2) is 53.2 Å². The first-order valence-electron chi connectivity index (χ1n) is 8.28. The van der Waals surface area contributed by atoms with Crippen molar-refractivity contribution in [3.05, 3.63) is 24.1 Å². The Hall–Kier alpha value is -1.69. The van der Waals surface area contributed by atoms with Gasteiger partial charge in [-0.25, -0.2) is 9.37 Å². The minimum Gasteiger partial charge on any atom is -0.386 e. The second-order valence-electron chi connectivity index (χ2n) is 6.98. The molecule has 3 rings (SSSR count). The van der Waals surface area contributed by atoms with Crippen molar-refractivity contribution in [2.45, 2.75) is 37.7 Å². The van der Waals surface area contributed by atoms with Crippen molar-refractivity contribution in [3.63, 3.8) is 0 Å². The third-order valence-corrected chi connectivity index (χ3v) is 4.71. The normalized spacial score (nSPS) is 24.6. The summed E-state index contributed by atoms with van der Waals surface area (Å²) in [4.78, 5) is 19.8. The molecule has 1 saturated carbocycles. The number of amides is 1. The number of pyridine rings is 1. The molecule has 2 heterocycles. The van der Waals surface area contributed by atoms with Crippen LogP contribution in [0.15, 0.2) is 18.3 Å². The highest BCUT2D eigenvalue weighted by atomic mass is 19.1. The van der Waals surface area contributed by atoms with Gasteiger partial charge in [0.05, 0.1) is 18.3 Å². The molecule has 1 atom stereocenters. The smallest absolute Gasteiger partial charge is 0.222 e. The molecule has 6 heteroatoms. The number of nitrogens with zero attached hydrogens (tertiary/aromatic N) is 3. The van der Waals surface area contributed by atoms with Gasteiger partial charge in [-0.3, -0.25) is 4.79 Å². The maximum Gasteiger partial charge on any atom is 0.222 e. The Morgan fingerprint density at radius 2 is 2.30 bits per heavy atom. The standard InChI is InChI=1S/C17H24FN3O2/c1-20(16(22)9-13-3-4-13)11-17(23)7-2-8-21(12-17)15-6-5-14(18)10-19-15/h5-6,10,13,23H,2-4,7-9,11-12H2,1H3/t17-/m0/s1. The molecule has 0 unspecified atom stereocenters. The Morgan fingerprint density at radius 1 is 1.52 bits per heavy atom. The van der Waals surface area contributed by atoms with Crippen LogP contribution in [-0.2, 0) is 4.79 Å². The van der Waals surface area contributed by atoms with Crippen LogP contribution in [0.3, 0.4) is 0 Å². The highest BCUT2D eigenvalue weighted by Crippen LogP contribution is 2.33. The Labute approximate surface area is 136 Å².